The third-order valence-electron chi connectivity index (χ3n) is 4.25. The lowest BCUT2D eigenvalue weighted by Crippen LogP contribution is -2.30. The van der Waals surface area contributed by atoms with Crippen LogP contribution >= 0.6 is 0 Å². The monoisotopic (exact) mass is 287 g/mol. The van der Waals surface area contributed by atoms with Crippen LogP contribution in [0.25, 0.3) is 0 Å². The van der Waals surface area contributed by atoms with Crippen LogP contribution in [-0.2, 0) is 6.42 Å². The van der Waals surface area contributed by atoms with Crippen LogP contribution in [0.4, 0.5) is 0 Å². The van der Waals surface area contributed by atoms with E-state index >= 15 is 0 Å². The van der Waals surface area contributed by atoms with Crippen LogP contribution in [-0.4, -0.2) is 30.3 Å². The van der Waals surface area contributed by atoms with Gasteiger partial charge in [-0.05, 0) is 56.8 Å². The molecule has 1 fully saturated rings. The van der Waals surface area contributed by atoms with Crippen molar-refractivity contribution in [3.05, 3.63) is 35.4 Å². The van der Waals surface area contributed by atoms with Crippen molar-refractivity contribution >= 4 is 5.78 Å². The molecule has 1 aromatic rings. The zero-order valence-corrected chi connectivity index (χ0v) is 13.6. The van der Waals surface area contributed by atoms with Crippen molar-refractivity contribution in [1.82, 2.24) is 4.90 Å². The third-order valence-corrected chi connectivity index (χ3v) is 4.25. The van der Waals surface area contributed by atoms with Gasteiger partial charge in [0, 0.05) is 12.0 Å². The lowest BCUT2D eigenvalue weighted by atomic mass is 9.99. The molecule has 1 saturated heterocycles. The minimum Gasteiger partial charge on any atom is -0.303 e. The second-order valence-corrected chi connectivity index (χ2v) is 6.72. The molecule has 1 aliphatic rings. The minimum atomic E-state index is 0.295. The van der Waals surface area contributed by atoms with Crippen molar-refractivity contribution in [2.24, 2.45) is 5.92 Å². The second-order valence-electron chi connectivity index (χ2n) is 6.72. The Bertz CT molecular complexity index is 429. The van der Waals surface area contributed by atoms with Crippen molar-refractivity contribution in [2.75, 3.05) is 19.6 Å². The Labute approximate surface area is 129 Å². The summed E-state index contributed by atoms with van der Waals surface area (Å²) in [6, 6.07) is 8.22. The third kappa shape index (κ3) is 5.62. The zero-order chi connectivity index (χ0) is 15.1. The number of nitrogens with zero attached hydrogens (tertiary/aromatic N) is 1. The molecule has 2 nitrogen and oxygen atoms in total. The van der Waals surface area contributed by atoms with Gasteiger partial charge in [-0.3, -0.25) is 4.79 Å². The van der Waals surface area contributed by atoms with Crippen LogP contribution in [0.2, 0.25) is 0 Å². The maximum atomic E-state index is 12.2. The highest BCUT2D eigenvalue weighted by Crippen LogP contribution is 2.13. The Morgan fingerprint density at radius 3 is 2.38 bits per heavy atom. The quantitative estimate of drug-likeness (QED) is 0.696. The van der Waals surface area contributed by atoms with Crippen LogP contribution in [0.5, 0.6) is 0 Å². The molecule has 0 aliphatic carbocycles. The van der Waals surface area contributed by atoms with Gasteiger partial charge in [-0.2, -0.15) is 0 Å². The first-order valence-corrected chi connectivity index (χ1v) is 8.49. The predicted molar refractivity (Wildman–Crippen MR) is 88.8 cm³/mol. The summed E-state index contributed by atoms with van der Waals surface area (Å²) in [5.74, 6) is 0.958. The van der Waals surface area contributed by atoms with E-state index in [9.17, 15) is 4.79 Å². The molecule has 0 saturated carbocycles. The Balaban J connectivity index is 1.74. The van der Waals surface area contributed by atoms with Gasteiger partial charge in [0.25, 0.3) is 0 Å². The first-order valence-electron chi connectivity index (χ1n) is 8.49. The fourth-order valence-electron chi connectivity index (χ4n) is 3.09. The van der Waals surface area contributed by atoms with Crippen LogP contribution < -0.4 is 0 Å². The Morgan fingerprint density at radius 1 is 1.10 bits per heavy atom. The minimum absolute atomic E-state index is 0.295. The molecule has 0 bridgehead atoms. The molecule has 0 N–H and O–H groups in total. The topological polar surface area (TPSA) is 20.3 Å². The molecule has 116 valence electrons. The SMILES string of the molecule is CC(C)Cc1ccc(C(=O)CCCN2CCCCC2)cc1. The molecule has 2 rings (SSSR count). The van der Waals surface area contributed by atoms with Gasteiger partial charge in [0.2, 0.25) is 0 Å². The molecular formula is C19H29NO. The van der Waals surface area contributed by atoms with E-state index in [0.717, 1.165) is 24.9 Å². The standard InChI is InChI=1S/C19H29NO/c1-16(2)15-17-8-10-18(11-9-17)19(21)7-6-14-20-12-4-3-5-13-20/h8-11,16H,3-7,12-15H2,1-2H3. The summed E-state index contributed by atoms with van der Waals surface area (Å²) < 4.78 is 0. The fraction of sp³-hybridized carbons (Fsp3) is 0.632. The normalized spacial score (nSPS) is 16.3. The van der Waals surface area contributed by atoms with Crippen molar-refractivity contribution in [1.29, 1.82) is 0 Å². The Morgan fingerprint density at radius 2 is 1.76 bits per heavy atom. The molecule has 1 aliphatic heterocycles. The van der Waals surface area contributed by atoms with Crippen molar-refractivity contribution in [3.8, 4) is 0 Å². The van der Waals surface area contributed by atoms with Gasteiger partial charge in [0.05, 0.1) is 0 Å². The molecule has 0 unspecified atom stereocenters. The molecule has 0 radical (unpaired) electrons. The number of hydrogen-bond donors (Lipinski definition) is 0. The number of ketones is 1. The van der Waals surface area contributed by atoms with E-state index in [2.05, 4.69) is 30.9 Å². The highest BCUT2D eigenvalue weighted by Gasteiger charge is 2.11. The highest BCUT2D eigenvalue weighted by atomic mass is 16.1. The van der Waals surface area contributed by atoms with Gasteiger partial charge >= 0.3 is 0 Å². The maximum absolute atomic E-state index is 12.2. The number of rotatable bonds is 7. The molecule has 0 amide bonds. The van der Waals surface area contributed by atoms with Gasteiger partial charge < -0.3 is 4.90 Å². The largest absolute Gasteiger partial charge is 0.303 e. The van der Waals surface area contributed by atoms with Gasteiger partial charge in [-0.15, -0.1) is 0 Å². The molecule has 21 heavy (non-hydrogen) atoms. The number of piperidine rings is 1. The number of likely N-dealkylation sites (tertiary alicyclic amines) is 1. The molecule has 1 aromatic carbocycles. The molecule has 2 heteroatoms. The van der Waals surface area contributed by atoms with E-state index in [0.29, 0.717) is 18.1 Å². The first kappa shape index (κ1) is 16.2. The summed E-state index contributed by atoms with van der Waals surface area (Å²) in [7, 11) is 0. The summed E-state index contributed by atoms with van der Waals surface area (Å²) in [6.45, 7) is 7.96. The Hall–Kier alpha value is -1.15. The number of carbonyl (C=O) groups is 1. The molecule has 0 atom stereocenters. The van der Waals surface area contributed by atoms with Gasteiger partial charge in [0.1, 0.15) is 0 Å². The van der Waals surface area contributed by atoms with Gasteiger partial charge in [-0.1, -0.05) is 44.5 Å². The molecule has 0 aromatic heterocycles. The zero-order valence-electron chi connectivity index (χ0n) is 13.6. The fourth-order valence-corrected chi connectivity index (χ4v) is 3.09. The number of hydrogen-bond acceptors (Lipinski definition) is 2. The number of benzene rings is 1. The lowest BCUT2D eigenvalue weighted by molar-refractivity contribution is 0.0973. The lowest BCUT2D eigenvalue weighted by Gasteiger charge is -2.26. The van der Waals surface area contributed by atoms with Crippen molar-refractivity contribution in [3.63, 3.8) is 0 Å². The van der Waals surface area contributed by atoms with E-state index < -0.39 is 0 Å². The summed E-state index contributed by atoms with van der Waals surface area (Å²) in [4.78, 5) is 14.7. The van der Waals surface area contributed by atoms with Crippen molar-refractivity contribution in [2.45, 2.75) is 52.4 Å². The smallest absolute Gasteiger partial charge is 0.162 e. The average molecular weight is 287 g/mol. The predicted octanol–water partition coefficient (Wildman–Crippen LogP) is 4.33. The van der Waals surface area contributed by atoms with E-state index in [4.69, 9.17) is 0 Å². The Kier molecular flexibility index (Phi) is 6.44. The molecule has 1 heterocycles. The summed E-state index contributed by atoms with van der Waals surface area (Å²) in [5, 5.41) is 0. The van der Waals surface area contributed by atoms with E-state index in [1.807, 2.05) is 12.1 Å². The van der Waals surface area contributed by atoms with Crippen LogP contribution in [0.3, 0.4) is 0 Å². The number of Topliss-reactive ketones (excluding diaryl/α,β-unsaturated/α-hetero) is 1. The average Bonchev–Trinajstić information content (AvgIpc) is 2.48. The summed E-state index contributed by atoms with van der Waals surface area (Å²) in [6.07, 6.45) is 6.78. The maximum Gasteiger partial charge on any atom is 0.162 e. The molecule has 0 spiro atoms. The van der Waals surface area contributed by atoms with Gasteiger partial charge in [0.15, 0.2) is 5.78 Å². The van der Waals surface area contributed by atoms with E-state index in [1.165, 1.54) is 37.9 Å². The van der Waals surface area contributed by atoms with Crippen LogP contribution in [0.1, 0.15) is 61.9 Å². The highest BCUT2D eigenvalue weighted by molar-refractivity contribution is 5.96. The van der Waals surface area contributed by atoms with Crippen LogP contribution in [0, 0.1) is 5.92 Å². The number of carbonyl (C=O) groups excluding carboxylic acids is 1. The first-order chi connectivity index (χ1) is 10.1. The second kappa shape index (κ2) is 8.33. The van der Waals surface area contributed by atoms with Crippen LogP contribution in [0.15, 0.2) is 24.3 Å². The molecular weight excluding hydrogens is 258 g/mol. The van der Waals surface area contributed by atoms with Gasteiger partial charge in [-0.25, -0.2) is 0 Å². The summed E-state index contributed by atoms with van der Waals surface area (Å²) in [5.41, 5.74) is 2.20. The van der Waals surface area contributed by atoms with E-state index in [-0.39, 0.29) is 0 Å². The van der Waals surface area contributed by atoms with Crippen molar-refractivity contribution < 1.29 is 4.79 Å². The summed E-state index contributed by atoms with van der Waals surface area (Å²) >= 11 is 0. The van der Waals surface area contributed by atoms with E-state index in [1.54, 1.807) is 0 Å².